The van der Waals surface area contributed by atoms with E-state index in [4.69, 9.17) is 4.74 Å². The minimum atomic E-state index is -3.82. The van der Waals surface area contributed by atoms with Crippen molar-refractivity contribution in [2.24, 2.45) is 0 Å². The van der Waals surface area contributed by atoms with Gasteiger partial charge in [-0.3, -0.25) is 9.52 Å². The highest BCUT2D eigenvalue weighted by Gasteiger charge is 2.27. The van der Waals surface area contributed by atoms with Gasteiger partial charge in [0.25, 0.3) is 0 Å². The highest BCUT2D eigenvalue weighted by Crippen LogP contribution is 2.32. The van der Waals surface area contributed by atoms with Gasteiger partial charge in [-0.2, -0.15) is 4.98 Å². The molecule has 134 valence electrons. The molecule has 2 rings (SSSR count). The fraction of sp³-hybridized carbons (Fsp3) is 0.250. The van der Waals surface area contributed by atoms with Crippen LogP contribution in [0, 0.1) is 0 Å². The van der Waals surface area contributed by atoms with Crippen LogP contribution in [0.15, 0.2) is 46.8 Å². The average Bonchev–Trinajstić information content (AvgIpc) is 2.96. The number of esters is 1. The number of nitrogens with zero attached hydrogens (tertiary/aromatic N) is 1. The molecular weight excluding hydrogens is 428 g/mol. The number of carbonyl (C=O) groups excluding carboxylic acids is 1. The summed E-state index contributed by atoms with van der Waals surface area (Å²) in [6, 6.07) is 7.01. The van der Waals surface area contributed by atoms with E-state index in [0.29, 0.717) is 16.5 Å². The summed E-state index contributed by atoms with van der Waals surface area (Å²) < 4.78 is 33.5. The van der Waals surface area contributed by atoms with E-state index in [9.17, 15) is 13.2 Å². The molecule has 1 atom stereocenters. The minimum Gasteiger partial charge on any atom is -0.406 e. The number of nitrogens with one attached hydrogen (secondary N) is 1. The maximum absolute atomic E-state index is 12.7. The van der Waals surface area contributed by atoms with E-state index in [2.05, 4.69) is 32.2 Å². The Labute approximate surface area is 159 Å². The lowest BCUT2D eigenvalue weighted by Crippen LogP contribution is -2.20. The van der Waals surface area contributed by atoms with E-state index in [0.717, 1.165) is 11.3 Å². The summed E-state index contributed by atoms with van der Waals surface area (Å²) in [6.07, 6.45) is 2.28. The van der Waals surface area contributed by atoms with Crippen LogP contribution in [0.2, 0.25) is 0 Å². The van der Waals surface area contributed by atoms with Crippen molar-refractivity contribution in [1.82, 2.24) is 4.98 Å². The minimum absolute atomic E-state index is 0.0807. The third kappa shape index (κ3) is 5.13. The molecule has 25 heavy (non-hydrogen) atoms. The molecule has 0 bridgehead atoms. The molecular formula is C16H17BrN2O4S2. The Morgan fingerprint density at radius 1 is 1.48 bits per heavy atom. The molecule has 0 radical (unpaired) electrons. The summed E-state index contributed by atoms with van der Waals surface area (Å²) >= 11 is 4.39. The molecule has 9 heteroatoms. The van der Waals surface area contributed by atoms with E-state index in [1.54, 1.807) is 24.3 Å². The quantitative estimate of drug-likeness (QED) is 0.484. The largest absolute Gasteiger partial charge is 0.406 e. The van der Waals surface area contributed by atoms with Gasteiger partial charge in [-0.1, -0.05) is 47.1 Å². The van der Waals surface area contributed by atoms with Gasteiger partial charge in [0.05, 0.1) is 5.38 Å². The third-order valence-corrected chi connectivity index (χ3v) is 6.33. The lowest BCUT2D eigenvalue weighted by molar-refractivity contribution is -0.134. The summed E-state index contributed by atoms with van der Waals surface area (Å²) in [5, 5.41) is 0.642. The van der Waals surface area contributed by atoms with Crippen molar-refractivity contribution in [2.45, 2.75) is 25.0 Å². The predicted octanol–water partition coefficient (Wildman–Crippen LogP) is 4.28. The Morgan fingerprint density at radius 2 is 2.20 bits per heavy atom. The first-order chi connectivity index (χ1) is 11.9. The van der Waals surface area contributed by atoms with Gasteiger partial charge in [0.2, 0.25) is 15.9 Å². The van der Waals surface area contributed by atoms with Crippen LogP contribution in [0.5, 0.6) is 5.88 Å². The van der Waals surface area contributed by atoms with Crippen molar-refractivity contribution in [1.29, 1.82) is 0 Å². The highest BCUT2D eigenvalue weighted by atomic mass is 79.9. The van der Waals surface area contributed by atoms with E-state index in [1.165, 1.54) is 11.5 Å². The van der Waals surface area contributed by atoms with Crippen LogP contribution in [-0.4, -0.2) is 19.4 Å². The average molecular weight is 445 g/mol. The number of hydrogen-bond acceptors (Lipinski definition) is 6. The van der Waals surface area contributed by atoms with Gasteiger partial charge in [-0.25, -0.2) is 8.42 Å². The second-order valence-corrected chi connectivity index (χ2v) is 8.55. The second kappa shape index (κ2) is 8.59. The zero-order chi connectivity index (χ0) is 18.4. The molecule has 1 aromatic heterocycles. The summed E-state index contributed by atoms with van der Waals surface area (Å²) in [4.78, 5) is 15.5. The lowest BCUT2D eigenvalue weighted by Gasteiger charge is -2.15. The van der Waals surface area contributed by atoms with Gasteiger partial charge in [0, 0.05) is 10.9 Å². The molecule has 0 saturated carbocycles. The van der Waals surface area contributed by atoms with Crippen molar-refractivity contribution in [3.05, 3.63) is 52.3 Å². The molecule has 0 aliphatic rings. The maximum atomic E-state index is 12.7. The standard InChI is InChI=1S/C16H17BrN2O4S2/c1-3-7-15(20)23-14-10-24-16(18-14)19-25(21,22)13(4-2)11-8-5-6-9-12(11)17/h4-6,8-10,13H,2-3,7H2,1H3,(H,18,19). The summed E-state index contributed by atoms with van der Waals surface area (Å²) in [6.45, 7) is 5.49. The van der Waals surface area contributed by atoms with Crippen molar-refractivity contribution >= 4 is 48.4 Å². The fourth-order valence-electron chi connectivity index (χ4n) is 2.04. The molecule has 1 heterocycles. The number of benzene rings is 1. The Hall–Kier alpha value is -1.71. The van der Waals surface area contributed by atoms with E-state index in [-0.39, 0.29) is 17.4 Å². The number of anilines is 1. The van der Waals surface area contributed by atoms with Crippen molar-refractivity contribution in [3.8, 4) is 5.88 Å². The molecule has 6 nitrogen and oxygen atoms in total. The Kier molecular flexibility index (Phi) is 6.74. The van der Waals surface area contributed by atoms with Crippen LogP contribution in [-0.2, 0) is 14.8 Å². The Balaban J connectivity index is 2.18. The van der Waals surface area contributed by atoms with E-state index >= 15 is 0 Å². The van der Waals surface area contributed by atoms with Crippen LogP contribution >= 0.6 is 27.3 Å². The predicted molar refractivity (Wildman–Crippen MR) is 102 cm³/mol. The molecule has 0 aliphatic heterocycles. The topological polar surface area (TPSA) is 85.4 Å². The zero-order valence-corrected chi connectivity index (χ0v) is 16.7. The molecule has 0 spiro atoms. The van der Waals surface area contributed by atoms with E-state index in [1.807, 2.05) is 6.92 Å². The molecule has 0 fully saturated rings. The monoisotopic (exact) mass is 444 g/mol. The molecule has 1 aromatic carbocycles. The smallest absolute Gasteiger partial charge is 0.312 e. The molecule has 2 aromatic rings. The van der Waals surface area contributed by atoms with Crippen LogP contribution in [0.1, 0.15) is 30.6 Å². The van der Waals surface area contributed by atoms with E-state index < -0.39 is 21.2 Å². The fourth-order valence-corrected chi connectivity index (χ4v) is 4.93. The molecule has 1 N–H and O–H groups in total. The van der Waals surface area contributed by atoms with Crippen LogP contribution in [0.4, 0.5) is 5.13 Å². The number of ether oxygens (including phenoxy) is 1. The van der Waals surface area contributed by atoms with Gasteiger partial charge in [-0.05, 0) is 18.1 Å². The SMILES string of the molecule is C=CC(c1ccccc1Br)S(=O)(=O)Nc1nc(OC(=O)CCC)cs1. The van der Waals surface area contributed by atoms with Crippen LogP contribution < -0.4 is 9.46 Å². The number of hydrogen-bond donors (Lipinski definition) is 1. The first-order valence-electron chi connectivity index (χ1n) is 7.42. The first-order valence-corrected chi connectivity index (χ1v) is 10.6. The van der Waals surface area contributed by atoms with Gasteiger partial charge in [-0.15, -0.1) is 17.9 Å². The number of aromatic nitrogens is 1. The normalized spacial score (nSPS) is 12.4. The number of rotatable bonds is 8. The Morgan fingerprint density at radius 3 is 2.84 bits per heavy atom. The van der Waals surface area contributed by atoms with Gasteiger partial charge in [0.1, 0.15) is 5.25 Å². The number of thiazole rings is 1. The highest BCUT2D eigenvalue weighted by molar-refractivity contribution is 9.10. The zero-order valence-electron chi connectivity index (χ0n) is 13.4. The second-order valence-electron chi connectivity index (χ2n) is 5.04. The Bertz CT molecular complexity index is 865. The number of sulfonamides is 1. The third-order valence-electron chi connectivity index (χ3n) is 3.15. The van der Waals surface area contributed by atoms with Crippen molar-refractivity contribution in [2.75, 3.05) is 4.72 Å². The maximum Gasteiger partial charge on any atom is 0.312 e. The lowest BCUT2D eigenvalue weighted by atomic mass is 10.1. The van der Waals surface area contributed by atoms with Crippen molar-refractivity contribution in [3.63, 3.8) is 0 Å². The molecule has 0 amide bonds. The van der Waals surface area contributed by atoms with Gasteiger partial charge < -0.3 is 4.74 Å². The molecule has 0 saturated heterocycles. The van der Waals surface area contributed by atoms with Gasteiger partial charge in [0.15, 0.2) is 5.13 Å². The van der Waals surface area contributed by atoms with Crippen LogP contribution in [0.25, 0.3) is 0 Å². The van der Waals surface area contributed by atoms with Crippen LogP contribution in [0.3, 0.4) is 0 Å². The first kappa shape index (κ1) is 19.6. The summed E-state index contributed by atoms with van der Waals surface area (Å²) in [5.74, 6) is -0.323. The molecule has 0 aliphatic carbocycles. The van der Waals surface area contributed by atoms with Crippen molar-refractivity contribution < 1.29 is 17.9 Å². The summed E-state index contributed by atoms with van der Waals surface area (Å²) in [5.41, 5.74) is 0.566. The summed E-state index contributed by atoms with van der Waals surface area (Å²) in [7, 11) is -3.82. The number of carbonyl (C=O) groups is 1. The van der Waals surface area contributed by atoms with Gasteiger partial charge >= 0.3 is 5.97 Å². The molecule has 1 unspecified atom stereocenters. The number of halogens is 1.